The predicted octanol–water partition coefficient (Wildman–Crippen LogP) is 0.237. The van der Waals surface area contributed by atoms with Crippen LogP contribution in [0.15, 0.2) is 57.8 Å². The van der Waals surface area contributed by atoms with Gasteiger partial charge in [0.2, 0.25) is 0 Å². The van der Waals surface area contributed by atoms with Crippen LogP contribution in [0.25, 0.3) is 45.1 Å². The fourth-order valence-corrected chi connectivity index (χ4v) is 4.38. The molecule has 16 nitrogen and oxygen atoms in total. The number of likely N-dealkylation sites (N-methyl/N-ethyl adjacent to an activating group) is 1. The molecule has 16 heteroatoms. The van der Waals surface area contributed by atoms with Crippen molar-refractivity contribution in [2.45, 2.75) is 25.3 Å². The van der Waals surface area contributed by atoms with E-state index >= 15 is 0 Å². The standard InChI is InChI=1S/C13H16N6O2.C12H14N6O2/c1-15-6-8(20)7-19-10-5-3-2-4-9(10)16-13(19)11-12(14)18-21-17-11;13-5-7(19)6-18-9-4-2-1-3-8(9)15-12(18)10-11(14)17-20-16-10/h2-5,8,15,20H,6-7H2,1H3,(H2,14,18);1-4,7,19H,5-6,13H2,(H2,14,17). The van der Waals surface area contributed by atoms with Gasteiger partial charge in [-0.05, 0) is 51.9 Å². The Hall–Kier alpha value is -4.90. The summed E-state index contributed by atoms with van der Waals surface area (Å²) >= 11 is 0. The topological polar surface area (TPSA) is 244 Å². The molecule has 4 heterocycles. The van der Waals surface area contributed by atoms with Crippen LogP contribution in [0, 0.1) is 0 Å². The predicted molar refractivity (Wildman–Crippen MR) is 150 cm³/mol. The highest BCUT2D eigenvalue weighted by molar-refractivity contribution is 5.82. The minimum absolute atomic E-state index is 0.151. The number of anilines is 2. The van der Waals surface area contributed by atoms with E-state index in [9.17, 15) is 10.2 Å². The number of hydrogen-bond donors (Lipinski definition) is 6. The van der Waals surface area contributed by atoms with E-state index < -0.39 is 12.2 Å². The van der Waals surface area contributed by atoms with Crippen molar-refractivity contribution in [3.8, 4) is 23.0 Å². The molecule has 0 saturated carbocycles. The second kappa shape index (κ2) is 12.1. The number of aliphatic hydroxyl groups is 2. The highest BCUT2D eigenvalue weighted by Gasteiger charge is 2.21. The van der Waals surface area contributed by atoms with Crippen LogP contribution in [0.3, 0.4) is 0 Å². The highest BCUT2D eigenvalue weighted by Crippen LogP contribution is 2.28. The summed E-state index contributed by atoms with van der Waals surface area (Å²) in [7, 11) is 1.79. The molecule has 0 amide bonds. The van der Waals surface area contributed by atoms with Gasteiger partial charge in [0, 0.05) is 13.1 Å². The number of fused-ring (bicyclic) bond motifs is 2. The van der Waals surface area contributed by atoms with Crippen LogP contribution in [0.4, 0.5) is 11.6 Å². The van der Waals surface area contributed by atoms with Gasteiger partial charge in [0.1, 0.15) is 0 Å². The lowest BCUT2D eigenvalue weighted by atomic mass is 10.3. The van der Waals surface area contributed by atoms with E-state index in [0.717, 1.165) is 22.1 Å². The van der Waals surface area contributed by atoms with Crippen LogP contribution >= 0.6 is 0 Å². The van der Waals surface area contributed by atoms with Gasteiger partial charge in [-0.2, -0.15) is 0 Å². The number of nitrogens with zero attached hydrogens (tertiary/aromatic N) is 8. The van der Waals surface area contributed by atoms with Crippen LogP contribution in [0.2, 0.25) is 0 Å². The number of hydrogen-bond acceptors (Lipinski definition) is 14. The molecular formula is C25H30N12O4. The third-order valence-electron chi connectivity index (χ3n) is 6.26. The Bertz CT molecular complexity index is 1740. The zero-order valence-corrected chi connectivity index (χ0v) is 22.1. The van der Waals surface area contributed by atoms with Crippen molar-refractivity contribution in [1.29, 1.82) is 0 Å². The van der Waals surface area contributed by atoms with Crippen molar-refractivity contribution in [3.63, 3.8) is 0 Å². The number of nitrogen functional groups attached to an aromatic ring is 2. The maximum atomic E-state index is 10.1. The second-order valence-electron chi connectivity index (χ2n) is 9.17. The van der Waals surface area contributed by atoms with E-state index in [4.69, 9.17) is 17.2 Å². The number of nitrogens with one attached hydrogen (secondary N) is 1. The molecule has 0 aliphatic carbocycles. The zero-order chi connectivity index (χ0) is 28.9. The molecule has 2 atom stereocenters. The van der Waals surface area contributed by atoms with Gasteiger partial charge < -0.3 is 41.9 Å². The lowest BCUT2D eigenvalue weighted by Crippen LogP contribution is -2.28. The van der Waals surface area contributed by atoms with E-state index in [1.54, 1.807) is 7.05 Å². The minimum Gasteiger partial charge on any atom is -0.390 e. The molecule has 4 aromatic heterocycles. The summed E-state index contributed by atoms with van der Waals surface area (Å²) in [5.41, 5.74) is 21.0. The highest BCUT2D eigenvalue weighted by atomic mass is 16.6. The molecule has 0 saturated heterocycles. The Morgan fingerprint density at radius 2 is 1.22 bits per heavy atom. The van der Waals surface area contributed by atoms with E-state index in [1.165, 1.54) is 0 Å². The number of imidazole rings is 2. The SMILES string of the molecule is CNCC(O)Cn1c(-c2nonc2N)nc2ccccc21.NCC(O)Cn1c(-c2nonc2N)nc2ccccc21. The molecule has 6 aromatic rings. The summed E-state index contributed by atoms with van der Waals surface area (Å²) in [6, 6.07) is 15.2. The first-order chi connectivity index (χ1) is 19.9. The molecule has 9 N–H and O–H groups in total. The van der Waals surface area contributed by atoms with Gasteiger partial charge in [-0.1, -0.05) is 24.3 Å². The molecule has 0 fully saturated rings. The number of benzene rings is 2. The first kappa shape index (κ1) is 27.7. The third-order valence-corrected chi connectivity index (χ3v) is 6.26. The lowest BCUT2D eigenvalue weighted by molar-refractivity contribution is 0.156. The molecule has 0 aliphatic heterocycles. The summed E-state index contributed by atoms with van der Waals surface area (Å²) < 4.78 is 12.9. The Labute approximate surface area is 232 Å². The summed E-state index contributed by atoms with van der Waals surface area (Å²) in [6.07, 6.45) is -1.25. The molecule has 41 heavy (non-hydrogen) atoms. The monoisotopic (exact) mass is 562 g/mol. The molecule has 2 aromatic carbocycles. The van der Waals surface area contributed by atoms with Crippen LogP contribution < -0.4 is 22.5 Å². The summed E-state index contributed by atoms with van der Waals surface area (Å²) in [4.78, 5) is 8.99. The fourth-order valence-electron chi connectivity index (χ4n) is 4.38. The average molecular weight is 563 g/mol. The van der Waals surface area contributed by atoms with Crippen LogP contribution in [-0.2, 0) is 13.1 Å². The molecule has 0 radical (unpaired) electrons. The Morgan fingerprint density at radius 1 is 0.756 bits per heavy atom. The van der Waals surface area contributed by atoms with E-state index in [1.807, 2.05) is 57.7 Å². The van der Waals surface area contributed by atoms with Crippen molar-refractivity contribution < 1.29 is 19.5 Å². The Kier molecular flexibility index (Phi) is 8.16. The maximum absolute atomic E-state index is 10.1. The Balaban J connectivity index is 0.000000165. The normalized spacial score (nSPS) is 12.9. The fraction of sp³-hybridized carbons (Fsp3) is 0.280. The first-order valence-corrected chi connectivity index (χ1v) is 12.7. The molecule has 214 valence electrons. The largest absolute Gasteiger partial charge is 0.390 e. The van der Waals surface area contributed by atoms with Gasteiger partial charge >= 0.3 is 0 Å². The molecule has 0 aliphatic rings. The number of para-hydroxylation sites is 4. The van der Waals surface area contributed by atoms with Gasteiger partial charge in [-0.3, -0.25) is 0 Å². The van der Waals surface area contributed by atoms with Gasteiger partial charge in [-0.15, -0.1) is 0 Å². The summed E-state index contributed by atoms with van der Waals surface area (Å²) in [6.45, 7) is 1.28. The van der Waals surface area contributed by atoms with Crippen molar-refractivity contribution >= 4 is 33.7 Å². The summed E-state index contributed by atoms with van der Waals surface area (Å²) in [5.74, 6) is 1.36. The second-order valence-corrected chi connectivity index (χ2v) is 9.17. The molecule has 6 rings (SSSR count). The summed E-state index contributed by atoms with van der Waals surface area (Å²) in [5, 5.41) is 37.5. The van der Waals surface area contributed by atoms with E-state index in [-0.39, 0.29) is 18.2 Å². The van der Waals surface area contributed by atoms with Crippen LogP contribution in [-0.4, -0.2) is 82.3 Å². The lowest BCUT2D eigenvalue weighted by Gasteiger charge is -2.13. The first-order valence-electron chi connectivity index (χ1n) is 12.7. The molecule has 2 unspecified atom stereocenters. The van der Waals surface area contributed by atoms with Gasteiger partial charge in [-0.25, -0.2) is 19.2 Å². The van der Waals surface area contributed by atoms with E-state index in [2.05, 4.69) is 45.2 Å². The van der Waals surface area contributed by atoms with Crippen molar-refractivity contribution in [3.05, 3.63) is 48.5 Å². The minimum atomic E-state index is -0.688. The zero-order valence-electron chi connectivity index (χ0n) is 22.1. The maximum Gasteiger partial charge on any atom is 0.199 e. The van der Waals surface area contributed by atoms with Crippen LogP contribution in [0.1, 0.15) is 0 Å². The van der Waals surface area contributed by atoms with Crippen molar-refractivity contribution in [1.82, 2.24) is 45.0 Å². The van der Waals surface area contributed by atoms with Crippen LogP contribution in [0.5, 0.6) is 0 Å². The average Bonchev–Trinajstić information content (AvgIpc) is 3.75. The molecule has 0 spiro atoms. The van der Waals surface area contributed by atoms with Crippen molar-refractivity contribution in [2.24, 2.45) is 5.73 Å². The van der Waals surface area contributed by atoms with Crippen molar-refractivity contribution in [2.75, 3.05) is 31.6 Å². The van der Waals surface area contributed by atoms with Gasteiger partial charge in [0.15, 0.2) is 34.7 Å². The molecular weight excluding hydrogens is 532 g/mol. The number of rotatable bonds is 9. The molecule has 0 bridgehead atoms. The number of aliphatic hydroxyl groups excluding tert-OH is 2. The Morgan fingerprint density at radius 3 is 1.63 bits per heavy atom. The number of aromatic nitrogens is 8. The van der Waals surface area contributed by atoms with E-state index in [0.29, 0.717) is 42.7 Å². The van der Waals surface area contributed by atoms with Gasteiger partial charge in [0.05, 0.1) is 47.4 Å². The quantitative estimate of drug-likeness (QED) is 0.138. The smallest absolute Gasteiger partial charge is 0.199 e. The third kappa shape index (κ3) is 5.71. The number of nitrogens with two attached hydrogens (primary N) is 3. The van der Waals surface area contributed by atoms with Gasteiger partial charge in [0.25, 0.3) is 0 Å².